The Labute approximate surface area is 182 Å². The minimum absolute atomic E-state index is 0.0210. The van der Waals surface area contributed by atoms with Crippen molar-refractivity contribution in [2.24, 2.45) is 13.0 Å². The summed E-state index contributed by atoms with van der Waals surface area (Å²) in [6, 6.07) is 5.18. The lowest BCUT2D eigenvalue weighted by Crippen LogP contribution is -2.22. The number of anilines is 3. The maximum absolute atomic E-state index is 12.6. The van der Waals surface area contributed by atoms with Crippen LogP contribution in [0.15, 0.2) is 30.7 Å². The highest BCUT2D eigenvalue weighted by molar-refractivity contribution is 6.00. The van der Waals surface area contributed by atoms with Crippen molar-refractivity contribution < 1.29 is 18.4 Å². The van der Waals surface area contributed by atoms with Crippen LogP contribution in [-0.2, 0) is 11.8 Å². The molecule has 11 nitrogen and oxygen atoms in total. The van der Waals surface area contributed by atoms with Crippen LogP contribution in [0.1, 0.15) is 27.3 Å². The first-order valence-electron chi connectivity index (χ1n) is 10.9. The number of aromatic nitrogens is 5. The molecule has 2 heterocycles. The van der Waals surface area contributed by atoms with Crippen molar-refractivity contribution in [3.05, 3.63) is 36.3 Å². The Balaban J connectivity index is 1.72. The van der Waals surface area contributed by atoms with E-state index in [0.717, 1.165) is 19.0 Å². The zero-order valence-corrected chi connectivity index (χ0v) is 16.8. The molecular weight excluding hydrogens is 400 g/mol. The number of para-hydroxylation sites is 1. The van der Waals surface area contributed by atoms with Gasteiger partial charge in [-0.25, -0.2) is 9.97 Å². The fourth-order valence-electron chi connectivity index (χ4n) is 2.95. The lowest BCUT2D eigenvalue weighted by molar-refractivity contribution is -0.117. The first-order valence-corrected chi connectivity index (χ1v) is 9.45. The Morgan fingerprint density at radius 1 is 1.29 bits per heavy atom. The Morgan fingerprint density at radius 3 is 2.81 bits per heavy atom. The van der Waals surface area contributed by atoms with E-state index >= 15 is 0 Å². The summed E-state index contributed by atoms with van der Waals surface area (Å²) in [5.74, 6) is -0.461. The Hall–Kier alpha value is -4.02. The molecule has 1 aliphatic rings. The predicted molar refractivity (Wildman–Crippen MR) is 113 cm³/mol. The third-order valence-electron chi connectivity index (χ3n) is 4.64. The van der Waals surface area contributed by atoms with Crippen LogP contribution in [0.3, 0.4) is 0 Å². The topological polar surface area (TPSA) is 136 Å². The second-order valence-corrected chi connectivity index (χ2v) is 6.93. The molecule has 1 fully saturated rings. The average molecular weight is 425 g/mol. The number of methoxy groups -OCH3 is 1. The molecule has 11 heteroatoms. The molecule has 1 aromatic carbocycles. The van der Waals surface area contributed by atoms with Gasteiger partial charge < -0.3 is 15.4 Å². The third-order valence-corrected chi connectivity index (χ3v) is 4.64. The third kappa shape index (κ3) is 4.29. The van der Waals surface area contributed by atoms with Gasteiger partial charge in [-0.05, 0) is 25.0 Å². The van der Waals surface area contributed by atoms with Crippen LogP contribution < -0.4 is 20.7 Å². The van der Waals surface area contributed by atoms with E-state index in [0.29, 0.717) is 22.8 Å². The minimum atomic E-state index is -2.71. The van der Waals surface area contributed by atoms with E-state index in [-0.39, 0.29) is 29.2 Å². The van der Waals surface area contributed by atoms with Crippen LogP contribution in [0.5, 0.6) is 5.75 Å². The number of benzene rings is 1. The molecule has 0 radical (unpaired) electrons. The lowest BCUT2D eigenvalue weighted by Gasteiger charge is -2.16. The van der Waals surface area contributed by atoms with E-state index in [1.54, 1.807) is 36.3 Å². The molecule has 31 heavy (non-hydrogen) atoms. The molecular formula is C20H22N8O3. The van der Waals surface area contributed by atoms with Crippen LogP contribution >= 0.6 is 0 Å². The van der Waals surface area contributed by atoms with Crippen LogP contribution in [0.4, 0.5) is 17.5 Å². The van der Waals surface area contributed by atoms with Gasteiger partial charge in [0.2, 0.25) is 11.9 Å². The Kier molecular flexibility index (Phi) is 4.53. The van der Waals surface area contributed by atoms with Gasteiger partial charge in [0.05, 0.1) is 18.4 Å². The highest BCUT2D eigenvalue weighted by Gasteiger charge is 2.30. The fraction of sp³-hybridized carbons (Fsp3) is 0.300. The molecule has 160 valence electrons. The molecule has 4 rings (SSSR count). The molecule has 0 spiro atoms. The quantitative estimate of drug-likeness (QED) is 0.521. The summed E-state index contributed by atoms with van der Waals surface area (Å²) in [6.45, 7) is -2.71. The molecule has 0 unspecified atom stereocenters. The molecule has 3 N–H and O–H groups in total. The van der Waals surface area contributed by atoms with Crippen LogP contribution in [0.2, 0.25) is 0 Å². The molecule has 0 atom stereocenters. The number of nitrogens with zero attached hydrogens (tertiary/aromatic N) is 5. The van der Waals surface area contributed by atoms with Crippen LogP contribution in [0.25, 0.3) is 11.4 Å². The van der Waals surface area contributed by atoms with Gasteiger partial charge in [-0.1, -0.05) is 6.07 Å². The molecule has 1 aliphatic carbocycles. The largest absolute Gasteiger partial charge is 0.494 e. The monoisotopic (exact) mass is 425 g/mol. The number of carbonyl (C=O) groups excluding carboxylic acids is 2. The SMILES string of the molecule is [2H]C([2H])([2H])NC(=O)c1cnc(NC(=O)C2CC2)nc1Nc1cccc(-c2ncn(C)n2)c1OC. The summed E-state index contributed by atoms with van der Waals surface area (Å²) in [4.78, 5) is 37.3. The van der Waals surface area contributed by atoms with E-state index in [2.05, 4.69) is 30.7 Å². The summed E-state index contributed by atoms with van der Waals surface area (Å²) in [6.07, 6.45) is 4.28. The number of ether oxygens (including phenoxy) is 1. The minimum Gasteiger partial charge on any atom is -0.494 e. The van der Waals surface area contributed by atoms with Crippen molar-refractivity contribution in [2.75, 3.05) is 24.7 Å². The summed E-state index contributed by atoms with van der Waals surface area (Å²) in [7, 11) is 3.20. The normalized spacial score (nSPS) is 14.7. The van der Waals surface area contributed by atoms with Crippen molar-refractivity contribution in [3.63, 3.8) is 0 Å². The zero-order chi connectivity index (χ0) is 24.5. The number of aryl methyl sites for hydroxylation is 1. The standard InChI is InChI=1S/C20H22N8O3/c1-21-19(30)13-9-22-20(26-18(29)11-7-8-11)25-17(13)24-14-6-4-5-12(15(14)31-3)16-23-10-28(2)27-16/h4-6,9-11H,7-8H2,1-3H3,(H,21,30)(H2,22,24,25,26,29)/i1D3. The van der Waals surface area contributed by atoms with Crippen molar-refractivity contribution in [1.29, 1.82) is 0 Å². The van der Waals surface area contributed by atoms with Gasteiger partial charge >= 0.3 is 0 Å². The van der Waals surface area contributed by atoms with Crippen molar-refractivity contribution in [2.45, 2.75) is 12.8 Å². The lowest BCUT2D eigenvalue weighted by atomic mass is 10.1. The average Bonchev–Trinajstić information content (AvgIpc) is 3.53. The second kappa shape index (κ2) is 8.38. The summed E-state index contributed by atoms with van der Waals surface area (Å²) < 4.78 is 29.1. The highest BCUT2D eigenvalue weighted by Crippen LogP contribution is 2.36. The Bertz CT molecular complexity index is 1240. The number of amides is 2. The highest BCUT2D eigenvalue weighted by atomic mass is 16.5. The molecule has 0 saturated heterocycles. The van der Waals surface area contributed by atoms with Gasteiger partial charge in [-0.2, -0.15) is 10.1 Å². The van der Waals surface area contributed by atoms with Crippen LogP contribution in [-0.4, -0.2) is 50.6 Å². The van der Waals surface area contributed by atoms with Gasteiger partial charge in [-0.3, -0.25) is 19.6 Å². The van der Waals surface area contributed by atoms with Crippen molar-refractivity contribution in [1.82, 2.24) is 30.0 Å². The summed E-state index contributed by atoms with van der Waals surface area (Å²) in [5, 5.41) is 11.8. The maximum Gasteiger partial charge on any atom is 0.256 e. The van der Waals surface area contributed by atoms with Gasteiger partial charge in [-0.15, -0.1) is 0 Å². The molecule has 2 amide bonds. The molecule has 1 saturated carbocycles. The van der Waals surface area contributed by atoms with Gasteiger partial charge in [0, 0.05) is 30.3 Å². The summed E-state index contributed by atoms with van der Waals surface area (Å²) >= 11 is 0. The molecule has 2 aromatic heterocycles. The number of hydrogen-bond donors (Lipinski definition) is 3. The summed E-state index contributed by atoms with van der Waals surface area (Å²) in [5.41, 5.74) is 0.857. The van der Waals surface area contributed by atoms with Crippen LogP contribution in [0, 0.1) is 5.92 Å². The number of rotatable bonds is 7. The van der Waals surface area contributed by atoms with E-state index < -0.39 is 12.9 Å². The van der Waals surface area contributed by atoms with E-state index in [9.17, 15) is 9.59 Å². The second-order valence-electron chi connectivity index (χ2n) is 6.93. The maximum atomic E-state index is 12.6. The van der Waals surface area contributed by atoms with Gasteiger partial charge in [0.25, 0.3) is 5.91 Å². The fourth-order valence-corrected chi connectivity index (χ4v) is 2.95. The Morgan fingerprint density at radius 2 is 2.13 bits per heavy atom. The van der Waals surface area contributed by atoms with Gasteiger partial charge in [0.1, 0.15) is 17.7 Å². The smallest absolute Gasteiger partial charge is 0.256 e. The van der Waals surface area contributed by atoms with E-state index in [1.165, 1.54) is 7.11 Å². The first-order chi connectivity index (χ1) is 16.1. The van der Waals surface area contributed by atoms with E-state index in [1.807, 2.05) is 5.32 Å². The van der Waals surface area contributed by atoms with Gasteiger partial charge in [0.15, 0.2) is 11.6 Å². The van der Waals surface area contributed by atoms with Crippen molar-refractivity contribution >= 4 is 29.3 Å². The van der Waals surface area contributed by atoms with Crippen molar-refractivity contribution in [3.8, 4) is 17.1 Å². The number of nitrogens with one attached hydrogen (secondary N) is 3. The number of carbonyl (C=O) groups is 2. The first kappa shape index (κ1) is 16.7. The molecule has 3 aromatic rings. The predicted octanol–water partition coefficient (Wildman–Crippen LogP) is 1.73. The molecule has 0 bridgehead atoms. The molecule has 0 aliphatic heterocycles. The number of hydrogen-bond acceptors (Lipinski definition) is 8. The zero-order valence-electron chi connectivity index (χ0n) is 19.8. The van der Waals surface area contributed by atoms with E-state index in [4.69, 9.17) is 8.85 Å².